The first-order valence-electron chi connectivity index (χ1n) is 10.0. The van der Waals surface area contributed by atoms with Gasteiger partial charge in [-0.05, 0) is 37.3 Å². The molecule has 7 nitrogen and oxygen atoms in total. The van der Waals surface area contributed by atoms with Crippen molar-refractivity contribution in [2.24, 2.45) is 5.10 Å². The number of para-hydroxylation sites is 2. The van der Waals surface area contributed by atoms with Gasteiger partial charge in [0.05, 0.1) is 11.9 Å². The third-order valence-corrected chi connectivity index (χ3v) is 4.66. The van der Waals surface area contributed by atoms with Gasteiger partial charge in [-0.2, -0.15) is 10.2 Å². The third kappa shape index (κ3) is 4.96. The number of hydrogen-bond acceptors (Lipinski definition) is 4. The van der Waals surface area contributed by atoms with E-state index in [1.54, 1.807) is 28.9 Å². The summed E-state index contributed by atoms with van der Waals surface area (Å²) in [5.41, 5.74) is 7.13. The largest absolute Gasteiger partial charge is 0.329 e. The molecule has 0 aliphatic heterocycles. The van der Waals surface area contributed by atoms with Gasteiger partial charge in [0, 0.05) is 23.0 Å². The molecule has 4 rings (SSSR count). The summed E-state index contributed by atoms with van der Waals surface area (Å²) in [5, 5.41) is 11.2. The predicted molar refractivity (Wildman–Crippen MR) is 125 cm³/mol. The highest BCUT2D eigenvalue weighted by Crippen LogP contribution is 2.23. The van der Waals surface area contributed by atoms with E-state index in [1.165, 1.54) is 6.21 Å². The average Bonchev–Trinajstić information content (AvgIpc) is 3.24. The normalized spacial score (nSPS) is 10.8. The van der Waals surface area contributed by atoms with Crippen LogP contribution in [0.5, 0.6) is 0 Å². The SMILES string of the molecule is Cc1cccc(-c2nn(-c3ccccc3)cc2/C=N\NC(=O)C(=O)Nc2ccccc2)c1. The molecule has 1 heterocycles. The van der Waals surface area contributed by atoms with Gasteiger partial charge in [-0.3, -0.25) is 9.59 Å². The topological polar surface area (TPSA) is 88.4 Å². The highest BCUT2D eigenvalue weighted by Gasteiger charge is 2.14. The molecule has 0 bridgehead atoms. The van der Waals surface area contributed by atoms with Crippen LogP contribution in [0.1, 0.15) is 11.1 Å². The van der Waals surface area contributed by atoms with Crippen LogP contribution in [0.15, 0.2) is 96.2 Å². The summed E-state index contributed by atoms with van der Waals surface area (Å²) in [6.07, 6.45) is 3.31. The molecule has 0 saturated carbocycles. The van der Waals surface area contributed by atoms with Gasteiger partial charge in [-0.15, -0.1) is 0 Å². The molecule has 3 aromatic carbocycles. The van der Waals surface area contributed by atoms with E-state index < -0.39 is 11.8 Å². The number of nitrogens with zero attached hydrogens (tertiary/aromatic N) is 3. The van der Waals surface area contributed by atoms with E-state index >= 15 is 0 Å². The number of carbonyl (C=O) groups is 2. The molecule has 0 unspecified atom stereocenters. The molecule has 158 valence electrons. The van der Waals surface area contributed by atoms with Gasteiger partial charge in [-0.1, -0.05) is 60.2 Å². The maximum absolute atomic E-state index is 12.1. The molecule has 32 heavy (non-hydrogen) atoms. The summed E-state index contributed by atoms with van der Waals surface area (Å²) in [4.78, 5) is 24.2. The van der Waals surface area contributed by atoms with Crippen LogP contribution >= 0.6 is 0 Å². The van der Waals surface area contributed by atoms with Gasteiger partial charge in [-0.25, -0.2) is 10.1 Å². The molecule has 0 spiro atoms. The lowest BCUT2D eigenvalue weighted by Crippen LogP contribution is -2.32. The minimum atomic E-state index is -0.863. The fraction of sp³-hybridized carbons (Fsp3) is 0.0400. The summed E-state index contributed by atoms with van der Waals surface area (Å²) in [5.74, 6) is -1.66. The highest BCUT2D eigenvalue weighted by molar-refractivity contribution is 6.39. The van der Waals surface area contributed by atoms with Crippen molar-refractivity contribution in [2.75, 3.05) is 5.32 Å². The lowest BCUT2D eigenvalue weighted by molar-refractivity contribution is -0.136. The van der Waals surface area contributed by atoms with Crippen molar-refractivity contribution < 1.29 is 9.59 Å². The highest BCUT2D eigenvalue weighted by atomic mass is 16.2. The lowest BCUT2D eigenvalue weighted by atomic mass is 10.1. The Morgan fingerprint density at radius 3 is 2.34 bits per heavy atom. The standard InChI is InChI=1S/C25H21N5O2/c1-18-9-8-10-19(15-18)23-20(17-30(29-23)22-13-6-3-7-14-22)16-26-28-25(32)24(31)27-21-11-4-2-5-12-21/h2-17H,1H3,(H,27,31)(H,28,32)/b26-16-. The van der Waals surface area contributed by atoms with Crippen LogP contribution < -0.4 is 10.7 Å². The van der Waals surface area contributed by atoms with Gasteiger partial charge >= 0.3 is 11.8 Å². The van der Waals surface area contributed by atoms with E-state index in [0.29, 0.717) is 16.9 Å². The molecular weight excluding hydrogens is 402 g/mol. The van der Waals surface area contributed by atoms with E-state index in [9.17, 15) is 9.59 Å². The first-order chi connectivity index (χ1) is 15.6. The molecule has 0 aliphatic rings. The van der Waals surface area contributed by atoms with Crippen molar-refractivity contribution in [1.82, 2.24) is 15.2 Å². The van der Waals surface area contributed by atoms with Gasteiger partial charge in [0.2, 0.25) is 0 Å². The predicted octanol–water partition coefficient (Wildman–Crippen LogP) is 3.94. The van der Waals surface area contributed by atoms with E-state index in [0.717, 1.165) is 16.8 Å². The monoisotopic (exact) mass is 423 g/mol. The molecule has 0 fully saturated rings. The smallest absolute Gasteiger partial charge is 0.318 e. The zero-order chi connectivity index (χ0) is 22.3. The number of nitrogens with one attached hydrogen (secondary N) is 2. The van der Waals surface area contributed by atoms with E-state index in [-0.39, 0.29) is 0 Å². The molecule has 7 heteroatoms. The van der Waals surface area contributed by atoms with Crippen molar-refractivity contribution in [3.05, 3.63) is 102 Å². The van der Waals surface area contributed by atoms with Crippen molar-refractivity contribution in [3.8, 4) is 16.9 Å². The first-order valence-corrected chi connectivity index (χ1v) is 10.0. The summed E-state index contributed by atoms with van der Waals surface area (Å²) in [6.45, 7) is 2.01. The number of amides is 2. The molecule has 2 N–H and O–H groups in total. The van der Waals surface area contributed by atoms with Crippen LogP contribution in [0.25, 0.3) is 16.9 Å². The second-order valence-corrected chi connectivity index (χ2v) is 7.10. The van der Waals surface area contributed by atoms with Crippen LogP contribution in [0.3, 0.4) is 0 Å². The number of hydrazone groups is 1. The van der Waals surface area contributed by atoms with E-state index in [2.05, 4.69) is 15.8 Å². The second-order valence-electron chi connectivity index (χ2n) is 7.10. The van der Waals surface area contributed by atoms with Crippen LogP contribution in [0, 0.1) is 6.92 Å². The van der Waals surface area contributed by atoms with Crippen molar-refractivity contribution in [3.63, 3.8) is 0 Å². The molecule has 2 amide bonds. The molecule has 0 atom stereocenters. The summed E-state index contributed by atoms with van der Waals surface area (Å²) >= 11 is 0. The summed E-state index contributed by atoms with van der Waals surface area (Å²) < 4.78 is 1.75. The van der Waals surface area contributed by atoms with Gasteiger partial charge in [0.25, 0.3) is 0 Å². The molecule has 1 aromatic heterocycles. The fourth-order valence-corrected chi connectivity index (χ4v) is 3.13. The Morgan fingerprint density at radius 2 is 1.62 bits per heavy atom. The maximum Gasteiger partial charge on any atom is 0.329 e. The van der Waals surface area contributed by atoms with E-state index in [4.69, 9.17) is 5.10 Å². The Kier molecular flexibility index (Phi) is 6.17. The van der Waals surface area contributed by atoms with Gasteiger partial charge < -0.3 is 5.32 Å². The van der Waals surface area contributed by atoms with Crippen LogP contribution in [-0.4, -0.2) is 27.8 Å². The van der Waals surface area contributed by atoms with Crippen molar-refractivity contribution >= 4 is 23.7 Å². The Morgan fingerprint density at radius 1 is 0.906 bits per heavy atom. The Bertz CT molecular complexity index is 1260. The zero-order valence-electron chi connectivity index (χ0n) is 17.4. The number of aryl methyl sites for hydroxylation is 1. The van der Waals surface area contributed by atoms with Gasteiger partial charge in [0.1, 0.15) is 5.69 Å². The molecule has 0 radical (unpaired) electrons. The third-order valence-electron chi connectivity index (χ3n) is 4.66. The molecule has 4 aromatic rings. The number of hydrogen-bond donors (Lipinski definition) is 2. The van der Waals surface area contributed by atoms with Crippen molar-refractivity contribution in [1.29, 1.82) is 0 Å². The zero-order valence-corrected chi connectivity index (χ0v) is 17.4. The number of rotatable bonds is 5. The molecule has 0 aliphatic carbocycles. The number of carbonyl (C=O) groups excluding carboxylic acids is 2. The van der Waals surface area contributed by atoms with Crippen LogP contribution in [0.2, 0.25) is 0 Å². The lowest BCUT2D eigenvalue weighted by Gasteiger charge is -2.03. The first kappa shape index (κ1) is 20.7. The molecular formula is C25H21N5O2. The quantitative estimate of drug-likeness (QED) is 0.290. The average molecular weight is 423 g/mol. The number of benzene rings is 3. The Hall–Kier alpha value is -4.52. The summed E-state index contributed by atoms with van der Waals surface area (Å²) in [7, 11) is 0. The van der Waals surface area contributed by atoms with Crippen LogP contribution in [0.4, 0.5) is 5.69 Å². The Labute approximate surface area is 185 Å². The summed E-state index contributed by atoms with van der Waals surface area (Å²) in [6, 6.07) is 26.4. The second kappa shape index (κ2) is 9.53. The molecule has 0 saturated heterocycles. The van der Waals surface area contributed by atoms with E-state index in [1.807, 2.05) is 73.8 Å². The van der Waals surface area contributed by atoms with Crippen molar-refractivity contribution in [2.45, 2.75) is 6.92 Å². The Balaban J connectivity index is 1.55. The maximum atomic E-state index is 12.1. The number of anilines is 1. The fourth-order valence-electron chi connectivity index (χ4n) is 3.13. The number of aromatic nitrogens is 2. The minimum absolute atomic E-state index is 0.530. The van der Waals surface area contributed by atoms with Gasteiger partial charge in [0.15, 0.2) is 0 Å². The minimum Gasteiger partial charge on any atom is -0.318 e. The van der Waals surface area contributed by atoms with Crippen LogP contribution in [-0.2, 0) is 9.59 Å².